The van der Waals surface area contributed by atoms with Crippen molar-refractivity contribution < 1.29 is 0 Å². The van der Waals surface area contributed by atoms with Crippen LogP contribution >= 0.6 is 0 Å². The number of hydrogen-bond donors (Lipinski definition) is 1. The molecule has 2 rings (SSSR count). The molecule has 1 aromatic carbocycles. The van der Waals surface area contributed by atoms with Crippen molar-refractivity contribution >= 4 is 0 Å². The van der Waals surface area contributed by atoms with E-state index in [1.165, 1.54) is 30.5 Å². The van der Waals surface area contributed by atoms with Gasteiger partial charge in [-0.05, 0) is 37.1 Å². The maximum Gasteiger partial charge on any atom is 0.0236 e. The zero-order valence-electron chi connectivity index (χ0n) is 11.1. The Morgan fingerprint density at radius 3 is 2.29 bits per heavy atom. The van der Waals surface area contributed by atoms with Gasteiger partial charge in [-0.1, -0.05) is 38.1 Å². The predicted molar refractivity (Wildman–Crippen MR) is 72.9 cm³/mol. The molecule has 1 fully saturated rings. The first-order valence-electron chi connectivity index (χ1n) is 6.86. The van der Waals surface area contributed by atoms with Crippen LogP contribution < -0.4 is 5.32 Å². The van der Waals surface area contributed by atoms with Crippen molar-refractivity contribution in [2.45, 2.75) is 45.8 Å². The molecule has 0 spiro atoms. The molecule has 0 bridgehead atoms. The lowest BCUT2D eigenvalue weighted by Crippen LogP contribution is -2.24. The van der Waals surface area contributed by atoms with Crippen molar-refractivity contribution in [2.75, 3.05) is 13.1 Å². The van der Waals surface area contributed by atoms with Crippen molar-refractivity contribution in [2.24, 2.45) is 0 Å². The summed E-state index contributed by atoms with van der Waals surface area (Å²) in [5.74, 6) is 0. The summed E-state index contributed by atoms with van der Waals surface area (Å²) in [5.41, 5.74) is 2.82. The summed E-state index contributed by atoms with van der Waals surface area (Å²) < 4.78 is 0. The van der Waals surface area contributed by atoms with Crippen molar-refractivity contribution in [3.8, 4) is 0 Å². The Morgan fingerprint density at radius 1 is 1.12 bits per heavy atom. The number of nitrogens with one attached hydrogen (secondary N) is 1. The Hall–Kier alpha value is -0.860. The first-order valence-corrected chi connectivity index (χ1v) is 6.86. The third-order valence-corrected chi connectivity index (χ3v) is 3.46. The molecule has 2 nitrogen and oxygen atoms in total. The molecule has 0 saturated heterocycles. The quantitative estimate of drug-likeness (QED) is 0.777. The van der Waals surface area contributed by atoms with Gasteiger partial charge in [0, 0.05) is 19.1 Å². The lowest BCUT2D eigenvalue weighted by atomic mass is 10.1. The van der Waals surface area contributed by atoms with E-state index in [1.54, 1.807) is 0 Å². The normalized spacial score (nSPS) is 15.5. The van der Waals surface area contributed by atoms with Gasteiger partial charge in [-0.3, -0.25) is 4.90 Å². The maximum atomic E-state index is 3.35. The summed E-state index contributed by atoms with van der Waals surface area (Å²) in [6.45, 7) is 8.71. The Morgan fingerprint density at radius 2 is 1.76 bits per heavy atom. The van der Waals surface area contributed by atoms with Gasteiger partial charge >= 0.3 is 0 Å². The highest BCUT2D eigenvalue weighted by Gasteiger charge is 2.27. The third kappa shape index (κ3) is 3.83. The first kappa shape index (κ1) is 12.6. The molecule has 1 N–H and O–H groups in total. The second-order valence-corrected chi connectivity index (χ2v) is 4.89. The Kier molecular flexibility index (Phi) is 4.57. The monoisotopic (exact) mass is 232 g/mol. The van der Waals surface area contributed by atoms with Crippen molar-refractivity contribution in [1.82, 2.24) is 10.2 Å². The molecular weight excluding hydrogens is 208 g/mol. The summed E-state index contributed by atoms with van der Waals surface area (Å²) >= 11 is 0. The number of benzene rings is 1. The van der Waals surface area contributed by atoms with Crippen LogP contribution in [0.4, 0.5) is 0 Å². The summed E-state index contributed by atoms with van der Waals surface area (Å²) in [5, 5.41) is 3.35. The average molecular weight is 232 g/mol. The van der Waals surface area contributed by atoms with Crippen LogP contribution in [0.2, 0.25) is 0 Å². The maximum absolute atomic E-state index is 3.35. The number of nitrogens with zero attached hydrogens (tertiary/aromatic N) is 1. The van der Waals surface area contributed by atoms with Gasteiger partial charge in [0.15, 0.2) is 0 Å². The minimum Gasteiger partial charge on any atom is -0.313 e. The fourth-order valence-electron chi connectivity index (χ4n) is 2.21. The molecule has 94 valence electrons. The van der Waals surface area contributed by atoms with Gasteiger partial charge in [0.05, 0.1) is 0 Å². The predicted octanol–water partition coefficient (Wildman–Crippen LogP) is 2.78. The van der Waals surface area contributed by atoms with Gasteiger partial charge in [-0.2, -0.15) is 0 Å². The van der Waals surface area contributed by atoms with Crippen LogP contribution in [-0.4, -0.2) is 24.0 Å². The van der Waals surface area contributed by atoms with Crippen LogP contribution in [-0.2, 0) is 13.1 Å². The summed E-state index contributed by atoms with van der Waals surface area (Å²) in [7, 11) is 0. The highest BCUT2D eigenvalue weighted by atomic mass is 15.2. The van der Waals surface area contributed by atoms with E-state index in [-0.39, 0.29) is 0 Å². The largest absolute Gasteiger partial charge is 0.313 e. The molecule has 0 radical (unpaired) electrons. The van der Waals surface area contributed by atoms with Crippen LogP contribution in [0.5, 0.6) is 0 Å². The first-order chi connectivity index (χ1) is 8.33. The van der Waals surface area contributed by atoms with Crippen LogP contribution in [0.15, 0.2) is 24.3 Å². The van der Waals surface area contributed by atoms with E-state index in [0.717, 1.165) is 25.7 Å². The minimum atomic E-state index is 0.862. The summed E-state index contributed by atoms with van der Waals surface area (Å²) in [4.78, 5) is 2.58. The highest BCUT2D eigenvalue weighted by molar-refractivity contribution is 5.22. The molecule has 0 heterocycles. The average Bonchev–Trinajstić information content (AvgIpc) is 3.19. The van der Waals surface area contributed by atoms with Crippen molar-refractivity contribution in [1.29, 1.82) is 0 Å². The summed E-state index contributed by atoms with van der Waals surface area (Å²) in [6.07, 6.45) is 2.79. The molecule has 17 heavy (non-hydrogen) atoms. The molecule has 1 aliphatic carbocycles. The van der Waals surface area contributed by atoms with Gasteiger partial charge in [0.1, 0.15) is 0 Å². The highest BCUT2D eigenvalue weighted by Crippen LogP contribution is 2.27. The molecule has 2 heteroatoms. The van der Waals surface area contributed by atoms with E-state index in [9.17, 15) is 0 Å². The van der Waals surface area contributed by atoms with Crippen LogP contribution in [0.3, 0.4) is 0 Å². The van der Waals surface area contributed by atoms with E-state index in [0.29, 0.717) is 0 Å². The topological polar surface area (TPSA) is 15.3 Å². The van der Waals surface area contributed by atoms with Gasteiger partial charge in [0.25, 0.3) is 0 Å². The molecule has 0 atom stereocenters. The summed E-state index contributed by atoms with van der Waals surface area (Å²) in [6, 6.07) is 9.91. The van der Waals surface area contributed by atoms with Crippen LogP contribution in [0, 0.1) is 0 Å². The van der Waals surface area contributed by atoms with E-state index in [4.69, 9.17) is 0 Å². The van der Waals surface area contributed by atoms with Gasteiger partial charge < -0.3 is 5.32 Å². The zero-order valence-corrected chi connectivity index (χ0v) is 11.1. The Balaban J connectivity index is 1.88. The van der Waals surface area contributed by atoms with E-state index in [2.05, 4.69) is 48.3 Å². The van der Waals surface area contributed by atoms with Crippen molar-refractivity contribution in [3.05, 3.63) is 35.4 Å². The minimum absolute atomic E-state index is 0.862. The van der Waals surface area contributed by atoms with E-state index in [1.807, 2.05) is 0 Å². The van der Waals surface area contributed by atoms with Gasteiger partial charge in [-0.15, -0.1) is 0 Å². The fourth-order valence-corrected chi connectivity index (χ4v) is 2.21. The molecule has 0 aromatic heterocycles. The molecule has 0 aliphatic heterocycles. The SMILES string of the molecule is CCNCc1ccc(CN(CC)C2CC2)cc1. The number of hydrogen-bond acceptors (Lipinski definition) is 2. The molecular formula is C15H24N2. The van der Waals surface area contributed by atoms with Crippen LogP contribution in [0.25, 0.3) is 0 Å². The lowest BCUT2D eigenvalue weighted by Gasteiger charge is -2.19. The fraction of sp³-hybridized carbons (Fsp3) is 0.600. The number of rotatable bonds is 7. The molecule has 0 unspecified atom stereocenters. The second-order valence-electron chi connectivity index (χ2n) is 4.89. The molecule has 1 aromatic rings. The Bertz CT molecular complexity index is 327. The van der Waals surface area contributed by atoms with Gasteiger partial charge in [-0.25, -0.2) is 0 Å². The third-order valence-electron chi connectivity index (χ3n) is 3.46. The molecule has 1 aliphatic rings. The molecule has 1 saturated carbocycles. The molecule has 0 amide bonds. The van der Waals surface area contributed by atoms with E-state index >= 15 is 0 Å². The standard InChI is InChI=1S/C15H24N2/c1-3-16-11-13-5-7-14(8-6-13)12-17(4-2)15-9-10-15/h5-8,15-16H,3-4,9-12H2,1-2H3. The van der Waals surface area contributed by atoms with Gasteiger partial charge in [0.2, 0.25) is 0 Å². The van der Waals surface area contributed by atoms with E-state index < -0.39 is 0 Å². The zero-order chi connectivity index (χ0) is 12.1. The lowest BCUT2D eigenvalue weighted by molar-refractivity contribution is 0.269. The Labute approximate surface area is 105 Å². The van der Waals surface area contributed by atoms with Crippen LogP contribution in [0.1, 0.15) is 37.8 Å². The smallest absolute Gasteiger partial charge is 0.0236 e. The second kappa shape index (κ2) is 6.18. The van der Waals surface area contributed by atoms with Crippen molar-refractivity contribution in [3.63, 3.8) is 0 Å².